The number of hydrogen-bond acceptors (Lipinski definition) is 3. The summed E-state index contributed by atoms with van der Waals surface area (Å²) < 4.78 is 0. The van der Waals surface area contributed by atoms with Gasteiger partial charge < -0.3 is 10.2 Å². The Kier molecular flexibility index (Phi) is 6.68. The molecular formula is C29H38O4. The number of carbonyl (C=O) groups is 2. The number of carboxylic acid groups (broad SMARTS) is 1. The average Bonchev–Trinajstić information content (AvgIpc) is 3.17. The number of benzene rings is 1. The maximum atomic E-state index is 11.9. The van der Waals surface area contributed by atoms with Crippen molar-refractivity contribution in [3.63, 3.8) is 0 Å². The highest BCUT2D eigenvalue weighted by Gasteiger charge is 2.58. The van der Waals surface area contributed by atoms with Gasteiger partial charge in [-0.2, -0.15) is 0 Å². The summed E-state index contributed by atoms with van der Waals surface area (Å²) in [6.07, 6.45) is 13.6. The fourth-order valence-electron chi connectivity index (χ4n) is 7.68. The predicted octanol–water partition coefficient (Wildman–Crippen LogP) is 5.92. The minimum absolute atomic E-state index is 0.204. The first kappa shape index (κ1) is 23.9. The van der Waals surface area contributed by atoms with Crippen molar-refractivity contribution in [3.05, 3.63) is 59.7 Å². The quantitative estimate of drug-likeness (QED) is 0.599. The maximum absolute atomic E-state index is 11.9. The zero-order chi connectivity index (χ0) is 23.8. The third-order valence-corrected chi connectivity index (χ3v) is 9.58. The van der Waals surface area contributed by atoms with Crippen LogP contribution in [-0.4, -0.2) is 28.6 Å². The Morgan fingerprint density at radius 2 is 1.82 bits per heavy atom. The predicted molar refractivity (Wildman–Crippen MR) is 130 cm³/mol. The summed E-state index contributed by atoms with van der Waals surface area (Å²) in [4.78, 5) is 22.1. The van der Waals surface area contributed by atoms with Gasteiger partial charge in [-0.25, -0.2) is 4.79 Å². The SMILES string of the molecule is CC(CO)[C@H]1CC[C@H]2[C@@H]3C=CC4=CC(=O)CC[C@]4(C)[C@H]3CC[C@]12C.O=C(O)c1ccccc1. The number of ketones is 1. The van der Waals surface area contributed by atoms with Crippen LogP contribution < -0.4 is 0 Å². The van der Waals surface area contributed by atoms with E-state index in [9.17, 15) is 14.7 Å². The fraction of sp³-hybridized carbons (Fsp3) is 0.586. The van der Waals surface area contributed by atoms with E-state index in [1.54, 1.807) is 30.3 Å². The molecule has 0 heterocycles. The van der Waals surface area contributed by atoms with E-state index in [2.05, 4.69) is 32.9 Å². The molecule has 2 fully saturated rings. The lowest BCUT2D eigenvalue weighted by molar-refractivity contribution is -0.116. The van der Waals surface area contributed by atoms with Crippen molar-refractivity contribution in [1.29, 1.82) is 0 Å². The summed E-state index contributed by atoms with van der Waals surface area (Å²) in [6, 6.07) is 8.30. The van der Waals surface area contributed by atoms with E-state index in [4.69, 9.17) is 5.11 Å². The van der Waals surface area contributed by atoms with Crippen LogP contribution in [0.15, 0.2) is 54.1 Å². The first-order chi connectivity index (χ1) is 15.7. The molecule has 4 aliphatic carbocycles. The minimum atomic E-state index is -0.879. The Bertz CT molecular complexity index is 948. The average molecular weight is 451 g/mol. The molecule has 33 heavy (non-hydrogen) atoms. The van der Waals surface area contributed by atoms with Crippen molar-refractivity contribution in [3.8, 4) is 0 Å². The second kappa shape index (κ2) is 9.21. The van der Waals surface area contributed by atoms with Gasteiger partial charge in [0.25, 0.3) is 0 Å². The first-order valence-corrected chi connectivity index (χ1v) is 12.5. The molecule has 1 aromatic rings. The third-order valence-electron chi connectivity index (χ3n) is 9.58. The molecule has 2 saturated carbocycles. The van der Waals surface area contributed by atoms with Crippen LogP contribution in [0.5, 0.6) is 0 Å². The van der Waals surface area contributed by atoms with Crippen molar-refractivity contribution < 1.29 is 19.8 Å². The van der Waals surface area contributed by atoms with Gasteiger partial charge in [-0.05, 0) is 96.3 Å². The van der Waals surface area contributed by atoms with Crippen molar-refractivity contribution >= 4 is 11.8 Å². The Balaban J connectivity index is 0.000000243. The topological polar surface area (TPSA) is 74.6 Å². The van der Waals surface area contributed by atoms with E-state index in [0.717, 1.165) is 18.8 Å². The van der Waals surface area contributed by atoms with Crippen LogP contribution in [0, 0.1) is 40.4 Å². The molecule has 7 atom stereocenters. The zero-order valence-corrected chi connectivity index (χ0v) is 20.2. The molecule has 0 radical (unpaired) electrons. The van der Waals surface area contributed by atoms with Crippen LogP contribution in [0.4, 0.5) is 0 Å². The first-order valence-electron chi connectivity index (χ1n) is 12.5. The number of carboxylic acids is 1. The molecule has 0 spiro atoms. The smallest absolute Gasteiger partial charge is 0.335 e. The van der Waals surface area contributed by atoms with Crippen LogP contribution in [0.1, 0.15) is 69.7 Å². The van der Waals surface area contributed by atoms with E-state index in [1.165, 1.54) is 31.3 Å². The second-order valence-corrected chi connectivity index (χ2v) is 11.2. The number of aromatic carboxylic acids is 1. The zero-order valence-electron chi connectivity index (χ0n) is 20.2. The van der Waals surface area contributed by atoms with Gasteiger partial charge in [0, 0.05) is 13.0 Å². The lowest BCUT2D eigenvalue weighted by atomic mass is 9.48. The van der Waals surface area contributed by atoms with E-state index in [0.29, 0.717) is 47.0 Å². The van der Waals surface area contributed by atoms with E-state index in [-0.39, 0.29) is 5.41 Å². The number of aliphatic hydroxyl groups excluding tert-OH is 1. The summed E-state index contributed by atoms with van der Waals surface area (Å²) in [6.45, 7) is 7.47. The number of fused-ring (bicyclic) bond motifs is 5. The minimum Gasteiger partial charge on any atom is -0.478 e. The lowest BCUT2D eigenvalue weighted by Crippen LogP contribution is -2.49. The van der Waals surface area contributed by atoms with Gasteiger partial charge in [-0.3, -0.25) is 4.79 Å². The molecule has 4 nitrogen and oxygen atoms in total. The Morgan fingerprint density at radius 1 is 1.09 bits per heavy atom. The third kappa shape index (κ3) is 4.23. The van der Waals surface area contributed by atoms with Crippen molar-refractivity contribution in [2.24, 2.45) is 40.4 Å². The molecule has 0 saturated heterocycles. The molecule has 0 amide bonds. The van der Waals surface area contributed by atoms with Gasteiger partial charge in [-0.1, -0.05) is 51.1 Å². The standard InChI is InChI=1S/C22H32O2.C7H6O2/c1-14(13-23)18-6-7-19-17-5-4-15-12-16(24)8-10-21(15,2)20(17)9-11-22(18,19)3;8-7(9)6-4-2-1-3-5-6/h4-5,12,14,17-20,23H,6-11,13H2,1-3H3;1-5H,(H,8,9)/t14?,17-,18+,19-,20-,21-,22+;/m0./s1. The molecule has 0 bridgehead atoms. The molecule has 178 valence electrons. The molecule has 0 aliphatic heterocycles. The van der Waals surface area contributed by atoms with Gasteiger partial charge in [0.05, 0.1) is 5.56 Å². The van der Waals surface area contributed by atoms with Crippen LogP contribution in [0.2, 0.25) is 0 Å². The molecule has 4 heteroatoms. The van der Waals surface area contributed by atoms with Gasteiger partial charge >= 0.3 is 5.97 Å². The summed E-state index contributed by atoms with van der Waals surface area (Å²) in [7, 11) is 0. The van der Waals surface area contributed by atoms with Crippen LogP contribution in [0.3, 0.4) is 0 Å². The van der Waals surface area contributed by atoms with Gasteiger partial charge in [-0.15, -0.1) is 0 Å². The normalized spacial score (nSPS) is 37.6. The molecule has 4 aliphatic rings. The Labute approximate surface area is 197 Å². The van der Waals surface area contributed by atoms with E-state index >= 15 is 0 Å². The fourth-order valence-corrected chi connectivity index (χ4v) is 7.68. The molecule has 2 N–H and O–H groups in total. The molecule has 5 rings (SSSR count). The second-order valence-electron chi connectivity index (χ2n) is 11.2. The Hall–Kier alpha value is -2.20. The summed E-state index contributed by atoms with van der Waals surface area (Å²) in [5.41, 5.74) is 2.21. The van der Waals surface area contributed by atoms with E-state index in [1.807, 2.05) is 6.08 Å². The van der Waals surface area contributed by atoms with Crippen molar-refractivity contribution in [2.45, 2.75) is 59.3 Å². The molecular weight excluding hydrogens is 412 g/mol. The number of rotatable bonds is 3. The number of carbonyl (C=O) groups excluding carboxylic acids is 1. The lowest BCUT2D eigenvalue weighted by Gasteiger charge is -2.56. The van der Waals surface area contributed by atoms with Crippen LogP contribution in [-0.2, 0) is 4.79 Å². The van der Waals surface area contributed by atoms with Gasteiger partial charge in [0.15, 0.2) is 5.78 Å². The highest BCUT2D eigenvalue weighted by molar-refractivity contribution is 5.92. The number of allylic oxidation sites excluding steroid dienone is 4. The summed E-state index contributed by atoms with van der Waals surface area (Å²) in [5, 5.41) is 18.1. The monoisotopic (exact) mass is 450 g/mol. The largest absolute Gasteiger partial charge is 0.478 e. The van der Waals surface area contributed by atoms with Crippen molar-refractivity contribution in [1.82, 2.24) is 0 Å². The number of hydrogen-bond donors (Lipinski definition) is 2. The molecule has 1 unspecified atom stereocenters. The number of aliphatic hydroxyl groups is 1. The van der Waals surface area contributed by atoms with Gasteiger partial charge in [0.2, 0.25) is 0 Å². The summed E-state index contributed by atoms with van der Waals surface area (Å²) in [5.74, 6) is 2.63. The van der Waals surface area contributed by atoms with Crippen molar-refractivity contribution in [2.75, 3.05) is 6.61 Å². The maximum Gasteiger partial charge on any atom is 0.335 e. The molecule has 1 aromatic carbocycles. The van der Waals surface area contributed by atoms with Crippen LogP contribution >= 0.6 is 0 Å². The van der Waals surface area contributed by atoms with Crippen LogP contribution in [0.25, 0.3) is 0 Å². The molecule has 0 aromatic heterocycles. The van der Waals surface area contributed by atoms with E-state index < -0.39 is 5.97 Å². The highest BCUT2D eigenvalue weighted by Crippen LogP contribution is 2.66. The summed E-state index contributed by atoms with van der Waals surface area (Å²) >= 11 is 0. The highest BCUT2D eigenvalue weighted by atomic mass is 16.4. The Morgan fingerprint density at radius 3 is 2.45 bits per heavy atom. The van der Waals surface area contributed by atoms with Gasteiger partial charge in [0.1, 0.15) is 0 Å².